The molecule has 1 aromatic carbocycles. The lowest BCUT2D eigenvalue weighted by atomic mass is 10.2. The first-order valence-corrected chi connectivity index (χ1v) is 4.57. The van der Waals surface area contributed by atoms with Gasteiger partial charge < -0.3 is 9.26 Å². The van der Waals surface area contributed by atoms with E-state index in [1.54, 1.807) is 12.1 Å². The summed E-state index contributed by atoms with van der Waals surface area (Å²) >= 11 is 0. The van der Waals surface area contributed by atoms with Crippen molar-refractivity contribution in [3.05, 3.63) is 47.5 Å². The predicted octanol–water partition coefficient (Wildman–Crippen LogP) is 2.21. The number of halogens is 1. The second-order valence-electron chi connectivity index (χ2n) is 3.10. The van der Waals surface area contributed by atoms with Gasteiger partial charge in [-0.2, -0.15) is 0 Å². The van der Waals surface area contributed by atoms with E-state index in [2.05, 4.69) is 9.68 Å². The second kappa shape index (κ2) is 4.57. The lowest BCUT2D eigenvalue weighted by molar-refractivity contribution is 0.109. The van der Waals surface area contributed by atoms with Crippen LogP contribution in [0.25, 0.3) is 0 Å². The van der Waals surface area contributed by atoms with Crippen LogP contribution in [0.4, 0.5) is 4.39 Å². The van der Waals surface area contributed by atoms with Crippen LogP contribution in [-0.2, 0) is 6.61 Å². The van der Waals surface area contributed by atoms with Gasteiger partial charge >= 0.3 is 0 Å². The number of hydrogen-bond donors (Lipinski definition) is 0. The average Bonchev–Trinajstić information content (AvgIpc) is 2.76. The molecule has 1 heterocycles. The Balaban J connectivity index is 1.96. The zero-order valence-corrected chi connectivity index (χ0v) is 8.22. The van der Waals surface area contributed by atoms with Crippen LogP contribution in [0.2, 0.25) is 0 Å². The van der Waals surface area contributed by atoms with E-state index in [4.69, 9.17) is 4.74 Å². The Labute approximate surface area is 90.6 Å². The molecule has 82 valence electrons. The molecule has 0 amide bonds. The number of hydrogen-bond acceptors (Lipinski definition) is 4. The Morgan fingerprint density at radius 2 is 2.12 bits per heavy atom. The van der Waals surface area contributed by atoms with Gasteiger partial charge in [0, 0.05) is 0 Å². The fourth-order valence-electron chi connectivity index (χ4n) is 1.13. The first-order chi connectivity index (χ1) is 7.78. The third-order valence-electron chi connectivity index (χ3n) is 1.92. The summed E-state index contributed by atoms with van der Waals surface area (Å²) in [7, 11) is 0. The number of aromatic nitrogens is 1. The average molecular weight is 221 g/mol. The van der Waals surface area contributed by atoms with Crippen LogP contribution in [0.5, 0.6) is 5.88 Å². The number of carbonyl (C=O) groups is 1. The van der Waals surface area contributed by atoms with E-state index in [1.807, 2.05) is 0 Å². The smallest absolute Gasteiger partial charge is 0.255 e. The molecule has 0 N–H and O–H groups in total. The zero-order chi connectivity index (χ0) is 11.4. The summed E-state index contributed by atoms with van der Waals surface area (Å²) in [4.78, 5) is 10.3. The molecule has 0 bridgehead atoms. The number of nitrogens with zero attached hydrogens (tertiary/aromatic N) is 1. The van der Waals surface area contributed by atoms with Crippen molar-refractivity contribution in [2.24, 2.45) is 0 Å². The minimum atomic E-state index is -0.298. The van der Waals surface area contributed by atoms with Crippen molar-refractivity contribution < 1.29 is 18.4 Å². The van der Waals surface area contributed by atoms with E-state index >= 15 is 0 Å². The van der Waals surface area contributed by atoms with E-state index in [0.717, 1.165) is 5.56 Å². The van der Waals surface area contributed by atoms with E-state index in [9.17, 15) is 9.18 Å². The first kappa shape index (κ1) is 10.4. The summed E-state index contributed by atoms with van der Waals surface area (Å²) in [5, 5.41) is 3.52. The SMILES string of the molecule is O=Cc1cc(OCc2ccc(F)cc2)no1. The van der Waals surface area contributed by atoms with Gasteiger partial charge in [-0.1, -0.05) is 12.1 Å². The molecule has 0 aliphatic carbocycles. The van der Waals surface area contributed by atoms with Crippen molar-refractivity contribution in [3.8, 4) is 5.88 Å². The summed E-state index contributed by atoms with van der Waals surface area (Å²) in [5.74, 6) is 0.0361. The summed E-state index contributed by atoms with van der Waals surface area (Å²) in [6.07, 6.45) is 0.539. The van der Waals surface area contributed by atoms with E-state index in [0.29, 0.717) is 6.29 Å². The van der Waals surface area contributed by atoms with Gasteiger partial charge in [-0.15, -0.1) is 0 Å². The monoisotopic (exact) mass is 221 g/mol. The molecule has 0 unspecified atom stereocenters. The molecular formula is C11H8FNO3. The molecule has 0 aliphatic heterocycles. The zero-order valence-electron chi connectivity index (χ0n) is 8.22. The Bertz CT molecular complexity index is 478. The Morgan fingerprint density at radius 1 is 1.38 bits per heavy atom. The van der Waals surface area contributed by atoms with Gasteiger partial charge in [-0.05, 0) is 22.9 Å². The minimum absolute atomic E-state index is 0.106. The van der Waals surface area contributed by atoms with Crippen LogP contribution >= 0.6 is 0 Å². The Hall–Kier alpha value is -2.17. The normalized spacial score (nSPS) is 10.1. The molecule has 2 rings (SSSR count). The van der Waals surface area contributed by atoms with Crippen molar-refractivity contribution in [1.82, 2.24) is 5.16 Å². The Morgan fingerprint density at radius 3 is 2.75 bits per heavy atom. The van der Waals surface area contributed by atoms with Gasteiger partial charge in [-0.3, -0.25) is 4.79 Å². The first-order valence-electron chi connectivity index (χ1n) is 4.57. The molecule has 2 aromatic rings. The van der Waals surface area contributed by atoms with Crippen LogP contribution in [0, 0.1) is 5.82 Å². The number of rotatable bonds is 4. The van der Waals surface area contributed by atoms with Crippen molar-refractivity contribution in [2.45, 2.75) is 6.61 Å². The van der Waals surface area contributed by atoms with E-state index in [1.165, 1.54) is 18.2 Å². The van der Waals surface area contributed by atoms with Crippen LogP contribution in [0.1, 0.15) is 16.1 Å². The summed E-state index contributed by atoms with van der Waals surface area (Å²) < 4.78 is 22.4. The highest BCUT2D eigenvalue weighted by molar-refractivity contribution is 5.70. The van der Waals surface area contributed by atoms with Gasteiger partial charge in [-0.25, -0.2) is 4.39 Å². The Kier molecular flexibility index (Phi) is 2.95. The van der Waals surface area contributed by atoms with E-state index in [-0.39, 0.29) is 24.1 Å². The fourth-order valence-corrected chi connectivity index (χ4v) is 1.13. The molecule has 0 saturated heterocycles. The molecular weight excluding hydrogens is 213 g/mol. The highest BCUT2D eigenvalue weighted by Gasteiger charge is 2.03. The predicted molar refractivity (Wildman–Crippen MR) is 52.6 cm³/mol. The van der Waals surface area contributed by atoms with Crippen LogP contribution in [0.15, 0.2) is 34.9 Å². The molecule has 5 heteroatoms. The molecule has 16 heavy (non-hydrogen) atoms. The topological polar surface area (TPSA) is 52.3 Å². The van der Waals surface area contributed by atoms with Crippen LogP contribution in [0.3, 0.4) is 0 Å². The van der Waals surface area contributed by atoms with Crippen LogP contribution < -0.4 is 4.74 Å². The highest BCUT2D eigenvalue weighted by Crippen LogP contribution is 2.12. The molecule has 1 aromatic heterocycles. The fraction of sp³-hybridized carbons (Fsp3) is 0.0909. The second-order valence-corrected chi connectivity index (χ2v) is 3.10. The van der Waals surface area contributed by atoms with Gasteiger partial charge in [0.05, 0.1) is 6.07 Å². The lowest BCUT2D eigenvalue weighted by Gasteiger charge is -2.01. The lowest BCUT2D eigenvalue weighted by Crippen LogP contribution is -1.95. The molecule has 0 atom stereocenters. The maximum Gasteiger partial charge on any atom is 0.255 e. The maximum absolute atomic E-state index is 12.6. The number of benzene rings is 1. The minimum Gasteiger partial charge on any atom is -0.471 e. The molecule has 0 radical (unpaired) electrons. The number of aldehydes is 1. The van der Waals surface area contributed by atoms with Crippen molar-refractivity contribution in [3.63, 3.8) is 0 Å². The number of ether oxygens (including phenoxy) is 1. The third kappa shape index (κ3) is 2.44. The number of carbonyl (C=O) groups excluding carboxylic acids is 1. The standard InChI is InChI=1S/C11H8FNO3/c12-9-3-1-8(2-4-9)7-15-11-5-10(6-14)16-13-11/h1-6H,7H2. The summed E-state index contributed by atoms with van der Waals surface area (Å²) in [6, 6.07) is 7.29. The highest BCUT2D eigenvalue weighted by atomic mass is 19.1. The molecule has 4 nitrogen and oxygen atoms in total. The van der Waals surface area contributed by atoms with Gasteiger partial charge in [0.2, 0.25) is 5.76 Å². The quantitative estimate of drug-likeness (QED) is 0.742. The van der Waals surface area contributed by atoms with Crippen molar-refractivity contribution >= 4 is 6.29 Å². The van der Waals surface area contributed by atoms with Gasteiger partial charge in [0.25, 0.3) is 5.88 Å². The third-order valence-corrected chi connectivity index (χ3v) is 1.92. The molecule has 0 aliphatic rings. The summed E-state index contributed by atoms with van der Waals surface area (Å²) in [5.41, 5.74) is 0.803. The van der Waals surface area contributed by atoms with Gasteiger partial charge in [0.1, 0.15) is 12.4 Å². The van der Waals surface area contributed by atoms with Crippen LogP contribution in [-0.4, -0.2) is 11.4 Å². The van der Waals surface area contributed by atoms with Gasteiger partial charge in [0.15, 0.2) is 6.29 Å². The van der Waals surface area contributed by atoms with Crippen molar-refractivity contribution in [2.75, 3.05) is 0 Å². The van der Waals surface area contributed by atoms with E-state index < -0.39 is 0 Å². The van der Waals surface area contributed by atoms with Crippen molar-refractivity contribution in [1.29, 1.82) is 0 Å². The molecule has 0 spiro atoms. The largest absolute Gasteiger partial charge is 0.471 e. The molecule has 0 fully saturated rings. The summed E-state index contributed by atoms with van der Waals surface area (Å²) in [6.45, 7) is 0.241. The maximum atomic E-state index is 12.6. The molecule has 0 saturated carbocycles.